The van der Waals surface area contributed by atoms with Gasteiger partial charge in [0, 0.05) is 73.3 Å². The summed E-state index contributed by atoms with van der Waals surface area (Å²) in [6, 6.07) is 5.84. The van der Waals surface area contributed by atoms with E-state index in [1.165, 1.54) is 9.12 Å². The molecule has 4 aromatic rings. The number of rotatable bonds is 6. The van der Waals surface area contributed by atoms with Crippen LogP contribution in [-0.2, 0) is 11.3 Å². The van der Waals surface area contributed by atoms with E-state index in [0.717, 1.165) is 22.0 Å². The number of halogens is 1. The van der Waals surface area contributed by atoms with Gasteiger partial charge in [0.25, 0.3) is 11.5 Å². The normalized spacial score (nSPS) is 14.3. The molecule has 1 amide bonds. The maximum absolute atomic E-state index is 13.4. The van der Waals surface area contributed by atoms with E-state index in [-0.39, 0.29) is 11.5 Å². The average Bonchev–Trinajstić information content (AvgIpc) is 3.50. The maximum Gasteiger partial charge on any atom is 0.276 e. The molecule has 1 aromatic carbocycles. The van der Waals surface area contributed by atoms with Crippen molar-refractivity contribution in [3.05, 3.63) is 65.5 Å². The lowest BCUT2D eigenvalue weighted by atomic mass is 9.99. The smallest absolute Gasteiger partial charge is 0.276 e. The van der Waals surface area contributed by atoms with E-state index in [9.17, 15) is 9.59 Å². The first-order valence-corrected chi connectivity index (χ1v) is 13.9. The number of carbonyl (C=O) groups excluding carboxylic acids is 1. The summed E-state index contributed by atoms with van der Waals surface area (Å²) >= 11 is 2.17. The van der Waals surface area contributed by atoms with Gasteiger partial charge in [-0.15, -0.1) is 6.58 Å². The van der Waals surface area contributed by atoms with Crippen LogP contribution < -0.4 is 5.56 Å². The van der Waals surface area contributed by atoms with Gasteiger partial charge in [-0.3, -0.25) is 13.6 Å². The number of benzene rings is 1. The van der Waals surface area contributed by atoms with Crippen molar-refractivity contribution in [2.75, 3.05) is 26.3 Å². The molecular formula is C23H22IN5O3S. The third-order valence-corrected chi connectivity index (χ3v) is 7.63. The molecule has 0 atom stereocenters. The van der Waals surface area contributed by atoms with Crippen molar-refractivity contribution in [1.29, 1.82) is 0 Å². The zero-order valence-corrected chi connectivity index (χ0v) is 20.8. The molecule has 0 aliphatic carbocycles. The quantitative estimate of drug-likeness (QED) is 0.275. The van der Waals surface area contributed by atoms with Crippen LogP contribution in [0.2, 0.25) is 0 Å². The highest BCUT2D eigenvalue weighted by Crippen LogP contribution is 2.33. The van der Waals surface area contributed by atoms with Crippen LogP contribution in [0.15, 0.2) is 54.4 Å². The lowest BCUT2D eigenvalue weighted by Gasteiger charge is -2.27. The zero-order valence-electron chi connectivity index (χ0n) is 17.8. The molecule has 0 unspecified atom stereocenters. The summed E-state index contributed by atoms with van der Waals surface area (Å²) in [5.41, 5.74) is 4.31. The van der Waals surface area contributed by atoms with Gasteiger partial charge in [-0.1, -0.05) is 6.08 Å². The van der Waals surface area contributed by atoms with Gasteiger partial charge in [-0.25, -0.2) is 4.98 Å². The first-order valence-electron chi connectivity index (χ1n) is 10.6. The number of aromatic nitrogens is 4. The number of morpholine rings is 1. The number of hydrogen-bond acceptors (Lipinski definition) is 5. The molecule has 1 fully saturated rings. The largest absolute Gasteiger partial charge is 0.378 e. The molecular weight excluding hydrogens is 553 g/mol. The first kappa shape index (κ1) is 22.2. The van der Waals surface area contributed by atoms with E-state index in [2.05, 4.69) is 37.8 Å². The number of allylic oxidation sites excluding steroid dienone is 1. The molecule has 1 aliphatic heterocycles. The number of ether oxygens (including phenoxy) is 1. The third-order valence-electron chi connectivity index (χ3n) is 5.90. The molecule has 10 heteroatoms. The van der Waals surface area contributed by atoms with E-state index < -0.39 is 0 Å². The maximum atomic E-state index is 13.4. The van der Waals surface area contributed by atoms with Crippen LogP contribution in [0.1, 0.15) is 16.8 Å². The zero-order chi connectivity index (χ0) is 22.9. The van der Waals surface area contributed by atoms with E-state index in [0.29, 0.717) is 55.9 Å². The molecule has 1 N–H and O–H groups in total. The molecule has 1 aliphatic rings. The lowest BCUT2D eigenvalue weighted by Crippen LogP contribution is -2.40. The minimum absolute atomic E-state index is 0.0444. The fourth-order valence-corrected chi connectivity index (χ4v) is 5.59. The van der Waals surface area contributed by atoms with E-state index in [1.54, 1.807) is 21.9 Å². The standard InChI is InChI=1S/C23H22IN5O3S/c1-2-3-5-28-13-18(16-4-6-29(33-24)21(16)23(28)31)15-11-17(20-19(12-15)25-14-26-20)22(30)27-7-9-32-10-8-27/h2,4,6,11-14H,1,3,5,7-10H2,(H,25,26). The highest BCUT2D eigenvalue weighted by atomic mass is 127. The predicted octanol–water partition coefficient (Wildman–Crippen LogP) is 4.24. The molecule has 8 nitrogen and oxygen atoms in total. The summed E-state index contributed by atoms with van der Waals surface area (Å²) in [7, 11) is 1.45. The lowest BCUT2D eigenvalue weighted by molar-refractivity contribution is 0.0304. The number of amides is 1. The number of nitrogens with one attached hydrogen (secondary N) is 1. The van der Waals surface area contributed by atoms with E-state index in [4.69, 9.17) is 4.74 Å². The summed E-state index contributed by atoms with van der Waals surface area (Å²) < 4.78 is 9.01. The van der Waals surface area contributed by atoms with Crippen molar-refractivity contribution in [2.24, 2.45) is 0 Å². The number of H-pyrrole nitrogens is 1. The van der Waals surface area contributed by atoms with Crippen LogP contribution >= 0.6 is 30.3 Å². The summed E-state index contributed by atoms with van der Waals surface area (Å²) in [6.07, 6.45) is 7.88. The fraction of sp³-hybridized carbons (Fsp3) is 0.261. The molecule has 170 valence electrons. The Labute approximate surface area is 206 Å². The fourth-order valence-electron chi connectivity index (χ4n) is 4.25. The van der Waals surface area contributed by atoms with Crippen molar-refractivity contribution in [2.45, 2.75) is 13.0 Å². The topological polar surface area (TPSA) is 85.2 Å². The molecule has 3 aromatic heterocycles. The van der Waals surface area contributed by atoms with Crippen LogP contribution in [0.25, 0.3) is 33.1 Å². The Bertz CT molecular complexity index is 1420. The van der Waals surface area contributed by atoms with Gasteiger partial charge in [0.1, 0.15) is 11.0 Å². The van der Waals surface area contributed by atoms with Crippen molar-refractivity contribution in [3.63, 3.8) is 0 Å². The van der Waals surface area contributed by atoms with Gasteiger partial charge in [0.2, 0.25) is 0 Å². The average molecular weight is 575 g/mol. The van der Waals surface area contributed by atoms with E-state index in [1.807, 2.05) is 34.6 Å². The second kappa shape index (κ2) is 9.35. The van der Waals surface area contributed by atoms with Gasteiger partial charge >= 0.3 is 0 Å². The number of aryl methyl sites for hydroxylation is 1. The van der Waals surface area contributed by atoms with Crippen LogP contribution in [0.3, 0.4) is 0 Å². The number of fused-ring (bicyclic) bond motifs is 2. The molecule has 4 heterocycles. The summed E-state index contributed by atoms with van der Waals surface area (Å²) in [6.45, 7) is 6.50. The monoisotopic (exact) mass is 575 g/mol. The van der Waals surface area contributed by atoms with Gasteiger partial charge in [0.05, 0.1) is 30.6 Å². The first-order chi connectivity index (χ1) is 16.1. The predicted molar refractivity (Wildman–Crippen MR) is 140 cm³/mol. The summed E-state index contributed by atoms with van der Waals surface area (Å²) in [4.78, 5) is 36.0. The Hall–Kier alpha value is -2.57. The summed E-state index contributed by atoms with van der Waals surface area (Å²) in [5, 5.41) is 0.850. The van der Waals surface area contributed by atoms with Crippen molar-refractivity contribution in [3.8, 4) is 11.1 Å². The Kier molecular flexibility index (Phi) is 6.30. The van der Waals surface area contributed by atoms with Gasteiger partial charge in [-0.2, -0.15) is 0 Å². The van der Waals surface area contributed by atoms with Gasteiger partial charge in [0.15, 0.2) is 0 Å². The third kappa shape index (κ3) is 4.00. The molecule has 0 spiro atoms. The Morgan fingerprint density at radius 2 is 2.15 bits per heavy atom. The van der Waals surface area contributed by atoms with Crippen LogP contribution in [0.5, 0.6) is 0 Å². The van der Waals surface area contributed by atoms with Crippen molar-refractivity contribution < 1.29 is 9.53 Å². The highest BCUT2D eigenvalue weighted by Gasteiger charge is 2.23. The SMILES string of the molecule is C=CCCn1cc(-c2cc(C(=O)N3CCOCC3)c3nc[nH]c3c2)c2ccn(SI)c2c1=O. The molecule has 0 bridgehead atoms. The number of nitrogens with zero attached hydrogens (tertiary/aromatic N) is 4. The molecule has 0 radical (unpaired) electrons. The Morgan fingerprint density at radius 1 is 1.33 bits per heavy atom. The number of imidazole rings is 1. The highest BCUT2D eigenvalue weighted by molar-refractivity contribution is 14.2. The van der Waals surface area contributed by atoms with Crippen LogP contribution in [0, 0.1) is 0 Å². The second-order valence-corrected chi connectivity index (χ2v) is 9.53. The number of aromatic amines is 1. The van der Waals surface area contributed by atoms with Crippen molar-refractivity contribution >= 4 is 58.2 Å². The Morgan fingerprint density at radius 3 is 2.91 bits per heavy atom. The van der Waals surface area contributed by atoms with E-state index >= 15 is 0 Å². The van der Waals surface area contributed by atoms with Crippen LogP contribution in [0.4, 0.5) is 0 Å². The molecule has 33 heavy (non-hydrogen) atoms. The second-order valence-electron chi connectivity index (χ2n) is 7.82. The number of pyridine rings is 1. The molecule has 1 saturated heterocycles. The van der Waals surface area contributed by atoms with Crippen LogP contribution in [-0.4, -0.2) is 55.6 Å². The molecule has 0 saturated carbocycles. The molecule has 5 rings (SSSR count). The minimum atomic E-state index is -0.0612. The summed E-state index contributed by atoms with van der Waals surface area (Å²) in [5.74, 6) is -0.0612. The number of carbonyl (C=O) groups is 1. The Balaban J connectivity index is 1.72. The number of hydrogen-bond donors (Lipinski definition) is 1. The van der Waals surface area contributed by atoms with Gasteiger partial charge in [-0.05, 0) is 30.2 Å². The van der Waals surface area contributed by atoms with Crippen molar-refractivity contribution in [1.82, 2.24) is 23.4 Å². The minimum Gasteiger partial charge on any atom is -0.378 e. The van der Waals surface area contributed by atoms with Gasteiger partial charge < -0.3 is 19.2 Å².